The third-order valence-corrected chi connectivity index (χ3v) is 5.62. The van der Waals surface area contributed by atoms with Crippen LogP contribution in [0.4, 0.5) is 5.69 Å². The zero-order chi connectivity index (χ0) is 22.5. The summed E-state index contributed by atoms with van der Waals surface area (Å²) in [5.41, 5.74) is 4.71. The number of hydrogen-bond acceptors (Lipinski definition) is 4. The first-order chi connectivity index (χ1) is 14.9. The molecule has 0 aliphatic carbocycles. The molecule has 0 aromatic heterocycles. The van der Waals surface area contributed by atoms with Crippen molar-refractivity contribution in [3.05, 3.63) is 81.9 Å². The van der Waals surface area contributed by atoms with Crippen molar-refractivity contribution in [3.8, 4) is 6.07 Å². The molecule has 5 nitrogen and oxygen atoms in total. The predicted molar refractivity (Wildman–Crippen MR) is 123 cm³/mol. The van der Waals surface area contributed by atoms with Gasteiger partial charge < -0.3 is 4.90 Å². The molecule has 1 heterocycles. The zero-order valence-corrected chi connectivity index (χ0v) is 18.5. The van der Waals surface area contributed by atoms with Crippen molar-refractivity contribution in [1.29, 1.82) is 5.26 Å². The van der Waals surface area contributed by atoms with Gasteiger partial charge in [0, 0.05) is 24.4 Å². The van der Waals surface area contributed by atoms with Gasteiger partial charge in [-0.15, -0.1) is 0 Å². The summed E-state index contributed by atoms with van der Waals surface area (Å²) in [6.07, 6.45) is 1.76. The van der Waals surface area contributed by atoms with E-state index in [1.807, 2.05) is 61.5 Å². The molecule has 158 valence electrons. The second-order valence-electron chi connectivity index (χ2n) is 7.62. The first kappa shape index (κ1) is 22.0. The first-order valence-corrected chi connectivity index (χ1v) is 10.5. The SMILES string of the molecule is CCN(CC)c1ccc(/C=C2/C(=O)N(Cc3ccc(C)cc3)C(=O)C(C#N)=C2C)cc1. The van der Waals surface area contributed by atoms with E-state index in [1.54, 1.807) is 13.0 Å². The van der Waals surface area contributed by atoms with Crippen molar-refractivity contribution in [3.63, 3.8) is 0 Å². The van der Waals surface area contributed by atoms with E-state index in [2.05, 4.69) is 18.7 Å². The molecule has 0 N–H and O–H groups in total. The van der Waals surface area contributed by atoms with E-state index in [9.17, 15) is 14.9 Å². The first-order valence-electron chi connectivity index (χ1n) is 10.5. The number of hydrogen-bond donors (Lipinski definition) is 0. The average molecular weight is 414 g/mol. The number of carbonyl (C=O) groups excluding carboxylic acids is 2. The average Bonchev–Trinajstić information content (AvgIpc) is 2.78. The lowest BCUT2D eigenvalue weighted by molar-refractivity contribution is -0.141. The molecule has 0 fully saturated rings. The minimum atomic E-state index is -0.542. The van der Waals surface area contributed by atoms with Crippen LogP contribution in [-0.4, -0.2) is 29.8 Å². The third kappa shape index (κ3) is 4.59. The second kappa shape index (κ2) is 9.44. The highest BCUT2D eigenvalue weighted by molar-refractivity contribution is 6.19. The Balaban J connectivity index is 1.97. The standard InChI is InChI=1S/C26H27N3O2/c1-5-28(6-2)22-13-11-20(12-14-22)15-23-19(4)24(16-27)26(31)29(25(23)30)17-21-9-7-18(3)8-10-21/h7-15H,5-6,17H2,1-4H3/b23-15+. The minimum Gasteiger partial charge on any atom is -0.372 e. The number of anilines is 1. The Kier molecular flexibility index (Phi) is 6.71. The molecular weight excluding hydrogens is 386 g/mol. The van der Waals surface area contributed by atoms with E-state index < -0.39 is 5.91 Å². The minimum absolute atomic E-state index is 0.0118. The predicted octanol–water partition coefficient (Wildman–Crippen LogP) is 4.63. The summed E-state index contributed by atoms with van der Waals surface area (Å²) in [7, 11) is 0. The van der Waals surface area contributed by atoms with Crippen molar-refractivity contribution in [2.24, 2.45) is 0 Å². The van der Waals surface area contributed by atoms with E-state index in [1.165, 1.54) is 0 Å². The molecule has 2 amide bonds. The van der Waals surface area contributed by atoms with Crippen LogP contribution in [0.2, 0.25) is 0 Å². The Bertz CT molecular complexity index is 1080. The number of carbonyl (C=O) groups is 2. The largest absolute Gasteiger partial charge is 0.372 e. The Morgan fingerprint density at radius 3 is 2.10 bits per heavy atom. The van der Waals surface area contributed by atoms with Crippen LogP contribution >= 0.6 is 0 Å². The van der Waals surface area contributed by atoms with Crippen molar-refractivity contribution < 1.29 is 9.59 Å². The fraction of sp³-hybridized carbons (Fsp3) is 0.269. The molecule has 3 rings (SSSR count). The monoisotopic (exact) mass is 413 g/mol. The molecule has 0 radical (unpaired) electrons. The van der Waals surface area contributed by atoms with Gasteiger partial charge in [-0.1, -0.05) is 42.0 Å². The van der Waals surface area contributed by atoms with Gasteiger partial charge in [0.25, 0.3) is 11.8 Å². The Morgan fingerprint density at radius 1 is 0.935 bits per heavy atom. The van der Waals surface area contributed by atoms with Gasteiger partial charge in [-0.05, 0) is 62.6 Å². The van der Waals surface area contributed by atoms with E-state index in [4.69, 9.17) is 0 Å². The lowest BCUT2D eigenvalue weighted by Gasteiger charge is -2.27. The van der Waals surface area contributed by atoms with E-state index in [-0.39, 0.29) is 18.0 Å². The number of nitrogens with zero attached hydrogens (tertiary/aromatic N) is 3. The highest BCUT2D eigenvalue weighted by Gasteiger charge is 2.35. The van der Waals surface area contributed by atoms with Gasteiger partial charge in [0.1, 0.15) is 11.6 Å². The van der Waals surface area contributed by atoms with Crippen LogP contribution in [0.3, 0.4) is 0 Å². The molecule has 0 atom stereocenters. The number of aryl methyl sites for hydroxylation is 1. The molecule has 5 heteroatoms. The summed E-state index contributed by atoms with van der Waals surface area (Å²) in [4.78, 5) is 29.5. The van der Waals surface area contributed by atoms with Gasteiger partial charge in [-0.25, -0.2) is 0 Å². The molecule has 1 aliphatic heterocycles. The molecule has 0 bridgehead atoms. The summed E-state index contributed by atoms with van der Waals surface area (Å²) in [5.74, 6) is -0.922. The van der Waals surface area contributed by atoms with Gasteiger partial charge >= 0.3 is 0 Å². The molecule has 0 saturated heterocycles. The summed E-state index contributed by atoms with van der Waals surface area (Å²) < 4.78 is 0. The molecule has 31 heavy (non-hydrogen) atoms. The lowest BCUT2D eigenvalue weighted by Crippen LogP contribution is -2.42. The van der Waals surface area contributed by atoms with Crippen LogP contribution in [0.1, 0.15) is 37.5 Å². The molecule has 0 unspecified atom stereocenters. The van der Waals surface area contributed by atoms with Gasteiger partial charge in [-0.3, -0.25) is 14.5 Å². The molecule has 2 aromatic rings. The summed E-state index contributed by atoms with van der Waals surface area (Å²) in [6.45, 7) is 9.82. The number of nitriles is 1. The Hall–Kier alpha value is -3.65. The van der Waals surface area contributed by atoms with Gasteiger partial charge in [-0.2, -0.15) is 5.26 Å². The van der Waals surface area contributed by atoms with E-state index in [0.717, 1.165) is 40.4 Å². The van der Waals surface area contributed by atoms with E-state index >= 15 is 0 Å². The Labute approximate surface area is 183 Å². The highest BCUT2D eigenvalue weighted by Crippen LogP contribution is 2.28. The number of amides is 2. The number of imide groups is 1. The van der Waals surface area contributed by atoms with Crippen molar-refractivity contribution >= 4 is 23.6 Å². The summed E-state index contributed by atoms with van der Waals surface area (Å²) >= 11 is 0. The molecule has 2 aromatic carbocycles. The second-order valence-corrected chi connectivity index (χ2v) is 7.62. The normalized spacial score (nSPS) is 15.5. The fourth-order valence-corrected chi connectivity index (χ4v) is 3.69. The van der Waals surface area contributed by atoms with Gasteiger partial charge in [0.15, 0.2) is 0 Å². The van der Waals surface area contributed by atoms with Crippen molar-refractivity contribution in [2.75, 3.05) is 18.0 Å². The van der Waals surface area contributed by atoms with Crippen LogP contribution in [0, 0.1) is 18.3 Å². The van der Waals surface area contributed by atoms with Gasteiger partial charge in [0.2, 0.25) is 0 Å². The maximum Gasteiger partial charge on any atom is 0.271 e. The van der Waals surface area contributed by atoms with Crippen LogP contribution in [0.25, 0.3) is 6.08 Å². The number of rotatable bonds is 6. The molecular formula is C26H27N3O2. The summed E-state index contributed by atoms with van der Waals surface area (Å²) in [5, 5.41) is 9.57. The zero-order valence-electron chi connectivity index (χ0n) is 18.5. The van der Waals surface area contributed by atoms with E-state index in [0.29, 0.717) is 11.1 Å². The molecule has 0 spiro atoms. The van der Waals surface area contributed by atoms with Crippen LogP contribution in [-0.2, 0) is 16.1 Å². The lowest BCUT2D eigenvalue weighted by atomic mass is 9.93. The fourth-order valence-electron chi connectivity index (χ4n) is 3.69. The third-order valence-electron chi connectivity index (χ3n) is 5.62. The van der Waals surface area contributed by atoms with Crippen LogP contribution in [0.15, 0.2) is 65.3 Å². The number of benzene rings is 2. The molecule has 1 aliphatic rings. The maximum atomic E-state index is 13.2. The maximum absolute atomic E-state index is 13.2. The Morgan fingerprint density at radius 2 is 1.55 bits per heavy atom. The molecule has 0 saturated carbocycles. The smallest absolute Gasteiger partial charge is 0.271 e. The van der Waals surface area contributed by atoms with Crippen molar-refractivity contribution in [1.82, 2.24) is 4.90 Å². The van der Waals surface area contributed by atoms with Crippen LogP contribution < -0.4 is 4.90 Å². The van der Waals surface area contributed by atoms with Crippen LogP contribution in [0.5, 0.6) is 0 Å². The highest BCUT2D eigenvalue weighted by atomic mass is 16.2. The summed E-state index contributed by atoms with van der Waals surface area (Å²) in [6, 6.07) is 17.6. The van der Waals surface area contributed by atoms with Gasteiger partial charge in [0.05, 0.1) is 6.54 Å². The van der Waals surface area contributed by atoms with Crippen molar-refractivity contribution in [2.45, 2.75) is 34.2 Å². The quantitative estimate of drug-likeness (QED) is 0.511. The topological polar surface area (TPSA) is 64.4 Å².